The summed E-state index contributed by atoms with van der Waals surface area (Å²) in [6.45, 7) is 0. The van der Waals surface area contributed by atoms with Crippen LogP contribution < -0.4 is 11.4 Å². The van der Waals surface area contributed by atoms with Crippen molar-refractivity contribution in [2.75, 3.05) is 0 Å². The molecule has 2 heterocycles. The van der Waals surface area contributed by atoms with Crippen molar-refractivity contribution in [1.82, 2.24) is 13.9 Å². The van der Waals surface area contributed by atoms with E-state index in [1.54, 1.807) is 9.36 Å². The summed E-state index contributed by atoms with van der Waals surface area (Å²) in [6.07, 6.45) is 9.87. The summed E-state index contributed by atoms with van der Waals surface area (Å²) in [5.74, 6) is 0. The van der Waals surface area contributed by atoms with Crippen molar-refractivity contribution in [3.63, 3.8) is 0 Å². The van der Waals surface area contributed by atoms with Gasteiger partial charge in [-0.15, -0.1) is 0 Å². The van der Waals surface area contributed by atoms with Crippen molar-refractivity contribution in [2.45, 2.75) is 24.9 Å². The van der Waals surface area contributed by atoms with Crippen LogP contribution in [-0.2, 0) is 7.05 Å². The molecule has 0 amide bonds. The van der Waals surface area contributed by atoms with Crippen LogP contribution in [-0.4, -0.2) is 13.9 Å². The lowest BCUT2D eigenvalue weighted by Gasteiger charge is -2.26. The maximum atomic E-state index is 11.9. The summed E-state index contributed by atoms with van der Waals surface area (Å²) < 4.78 is 4.30. The Morgan fingerprint density at radius 2 is 1.88 bits per heavy atom. The fraction of sp³-hybridized carbons (Fsp3) is 0.455. The molecule has 5 heteroatoms. The standard InChI is InChI=1S/C11H13N3O2/c1-12-10(15)13-8-4-2-3-5-9(7-6-8)14(13)11(12)16/h2,4,6-9H,3,5H2,1H3/t8-,9-/m1/s1. The Labute approximate surface area is 91.9 Å². The maximum absolute atomic E-state index is 11.9. The molecule has 0 aromatic carbocycles. The van der Waals surface area contributed by atoms with Gasteiger partial charge in [0.25, 0.3) is 0 Å². The van der Waals surface area contributed by atoms with E-state index in [4.69, 9.17) is 0 Å². The third-order valence-electron chi connectivity index (χ3n) is 3.29. The maximum Gasteiger partial charge on any atom is 0.347 e. The minimum absolute atomic E-state index is 0.0163. The molecule has 0 spiro atoms. The summed E-state index contributed by atoms with van der Waals surface area (Å²) in [5, 5.41) is 0. The second kappa shape index (κ2) is 3.10. The van der Waals surface area contributed by atoms with E-state index < -0.39 is 0 Å². The average molecular weight is 219 g/mol. The highest BCUT2D eigenvalue weighted by atomic mass is 16.2. The first-order valence-electron chi connectivity index (χ1n) is 5.45. The molecule has 2 aliphatic rings. The molecule has 0 saturated heterocycles. The largest absolute Gasteiger partial charge is 0.347 e. The normalized spacial score (nSPS) is 26.6. The van der Waals surface area contributed by atoms with Crippen LogP contribution in [0.5, 0.6) is 0 Å². The van der Waals surface area contributed by atoms with Gasteiger partial charge in [-0.3, -0.25) is 0 Å². The van der Waals surface area contributed by atoms with Crippen LogP contribution in [0.3, 0.4) is 0 Å². The molecule has 0 N–H and O–H groups in total. The summed E-state index contributed by atoms with van der Waals surface area (Å²) in [7, 11) is 1.53. The summed E-state index contributed by atoms with van der Waals surface area (Å²) in [5.41, 5.74) is -0.462. The first kappa shape index (κ1) is 9.45. The van der Waals surface area contributed by atoms with Gasteiger partial charge in [0.1, 0.15) is 0 Å². The summed E-state index contributed by atoms with van der Waals surface area (Å²) >= 11 is 0. The van der Waals surface area contributed by atoms with Gasteiger partial charge in [0.15, 0.2) is 0 Å². The first-order chi connectivity index (χ1) is 7.70. The predicted molar refractivity (Wildman–Crippen MR) is 59.5 cm³/mol. The van der Waals surface area contributed by atoms with Gasteiger partial charge >= 0.3 is 11.4 Å². The van der Waals surface area contributed by atoms with Crippen LogP contribution in [0.1, 0.15) is 24.9 Å². The number of rotatable bonds is 0. The fourth-order valence-corrected chi connectivity index (χ4v) is 2.42. The molecular weight excluding hydrogens is 206 g/mol. The molecule has 3 rings (SSSR count). The Bertz CT molecular complexity index is 600. The number of fused-ring (bicyclic) bond motifs is 5. The Hall–Kier alpha value is -1.78. The molecule has 0 saturated carbocycles. The van der Waals surface area contributed by atoms with Gasteiger partial charge < -0.3 is 0 Å². The van der Waals surface area contributed by atoms with E-state index >= 15 is 0 Å². The lowest BCUT2D eigenvalue weighted by atomic mass is 10.0. The van der Waals surface area contributed by atoms with E-state index in [1.165, 1.54) is 11.6 Å². The van der Waals surface area contributed by atoms with Gasteiger partial charge in [0, 0.05) is 7.05 Å². The van der Waals surface area contributed by atoms with E-state index in [0.29, 0.717) is 0 Å². The van der Waals surface area contributed by atoms with Gasteiger partial charge in [-0.1, -0.05) is 24.3 Å². The van der Waals surface area contributed by atoms with Crippen LogP contribution >= 0.6 is 0 Å². The van der Waals surface area contributed by atoms with Crippen molar-refractivity contribution in [3.05, 3.63) is 45.3 Å². The van der Waals surface area contributed by atoms with E-state index in [2.05, 4.69) is 6.08 Å². The number of hydrogen-bond acceptors (Lipinski definition) is 2. The highest BCUT2D eigenvalue weighted by Crippen LogP contribution is 2.25. The number of allylic oxidation sites excluding steroid dienone is 4. The smallest absolute Gasteiger partial charge is 0.246 e. The van der Waals surface area contributed by atoms with Crippen LogP contribution in [0.25, 0.3) is 0 Å². The van der Waals surface area contributed by atoms with Crippen molar-refractivity contribution in [3.8, 4) is 0 Å². The molecule has 16 heavy (non-hydrogen) atoms. The van der Waals surface area contributed by atoms with Crippen LogP contribution in [0, 0.1) is 0 Å². The average Bonchev–Trinajstić information content (AvgIpc) is 2.45. The number of hydrogen-bond donors (Lipinski definition) is 0. The number of nitrogens with zero attached hydrogens (tertiary/aromatic N) is 3. The molecule has 2 bridgehead atoms. The second-order valence-electron chi connectivity index (χ2n) is 4.26. The SMILES string of the molecule is Cn1c(=O)n2n(c1=O)[C@H]1C=C[C@H]2C=CCC1. The zero-order valence-electron chi connectivity index (χ0n) is 9.04. The minimum atomic E-state index is -0.240. The van der Waals surface area contributed by atoms with Crippen LogP contribution in [0.15, 0.2) is 33.9 Å². The van der Waals surface area contributed by atoms with E-state index in [9.17, 15) is 9.59 Å². The highest BCUT2D eigenvalue weighted by Gasteiger charge is 2.27. The molecule has 1 aliphatic heterocycles. The van der Waals surface area contributed by atoms with Gasteiger partial charge in [-0.2, -0.15) is 0 Å². The van der Waals surface area contributed by atoms with Crippen molar-refractivity contribution in [2.24, 2.45) is 7.05 Å². The quantitative estimate of drug-likeness (QED) is 0.591. The van der Waals surface area contributed by atoms with Gasteiger partial charge in [-0.25, -0.2) is 23.5 Å². The topological polar surface area (TPSA) is 48.9 Å². The van der Waals surface area contributed by atoms with E-state index in [-0.39, 0.29) is 23.5 Å². The molecule has 5 nitrogen and oxygen atoms in total. The molecule has 2 atom stereocenters. The predicted octanol–water partition coefficient (Wildman–Crippen LogP) is 0.350. The Morgan fingerprint density at radius 3 is 2.69 bits per heavy atom. The molecule has 1 aromatic heterocycles. The van der Waals surface area contributed by atoms with Crippen molar-refractivity contribution >= 4 is 0 Å². The van der Waals surface area contributed by atoms with Gasteiger partial charge in [0.05, 0.1) is 12.1 Å². The Kier molecular flexibility index (Phi) is 1.83. The lowest BCUT2D eigenvalue weighted by molar-refractivity contribution is 0.356. The van der Waals surface area contributed by atoms with Crippen molar-refractivity contribution < 1.29 is 0 Å². The molecule has 0 fully saturated rings. The van der Waals surface area contributed by atoms with E-state index in [1.807, 2.05) is 18.2 Å². The summed E-state index contributed by atoms with van der Waals surface area (Å²) in [4.78, 5) is 23.9. The highest BCUT2D eigenvalue weighted by molar-refractivity contribution is 5.13. The van der Waals surface area contributed by atoms with E-state index in [0.717, 1.165) is 12.8 Å². The Balaban J connectivity index is 2.38. The fourth-order valence-electron chi connectivity index (χ4n) is 2.42. The zero-order chi connectivity index (χ0) is 11.3. The third kappa shape index (κ3) is 1.05. The second-order valence-corrected chi connectivity index (χ2v) is 4.26. The summed E-state index contributed by atoms with van der Waals surface area (Å²) in [6, 6.07) is -0.0967. The molecule has 1 aromatic rings. The monoisotopic (exact) mass is 219 g/mol. The van der Waals surface area contributed by atoms with Crippen LogP contribution in [0.4, 0.5) is 0 Å². The van der Waals surface area contributed by atoms with Gasteiger partial charge in [-0.05, 0) is 12.8 Å². The minimum Gasteiger partial charge on any atom is -0.246 e. The molecule has 0 radical (unpaired) electrons. The third-order valence-corrected chi connectivity index (χ3v) is 3.29. The Morgan fingerprint density at radius 1 is 1.12 bits per heavy atom. The van der Waals surface area contributed by atoms with Crippen LogP contribution in [0.2, 0.25) is 0 Å². The molecule has 0 unspecified atom stereocenters. The number of aromatic nitrogens is 3. The lowest BCUT2D eigenvalue weighted by Crippen LogP contribution is -2.35. The molecule has 1 aliphatic carbocycles. The molecular formula is C11H13N3O2. The zero-order valence-corrected chi connectivity index (χ0v) is 9.04. The first-order valence-corrected chi connectivity index (χ1v) is 5.45. The molecule has 84 valence electrons. The van der Waals surface area contributed by atoms with Gasteiger partial charge in [0.2, 0.25) is 0 Å². The van der Waals surface area contributed by atoms with Crippen molar-refractivity contribution in [1.29, 1.82) is 0 Å².